The van der Waals surface area contributed by atoms with E-state index in [0.29, 0.717) is 5.75 Å². The zero-order valence-electron chi connectivity index (χ0n) is 16.9. The van der Waals surface area contributed by atoms with E-state index in [1.165, 1.54) is 19.2 Å². The molecule has 1 saturated heterocycles. The first-order chi connectivity index (χ1) is 14.4. The highest BCUT2D eigenvalue weighted by molar-refractivity contribution is 7.89. The number of hydrogen-bond acceptors (Lipinski definition) is 7. The molecular formula is C20H25N3O6S. The van der Waals surface area contributed by atoms with Gasteiger partial charge in [0.25, 0.3) is 5.69 Å². The zero-order valence-corrected chi connectivity index (χ0v) is 17.7. The molecule has 0 spiro atoms. The fourth-order valence-corrected chi connectivity index (χ4v) is 4.81. The first-order valence-electron chi connectivity index (χ1n) is 9.56. The fourth-order valence-electron chi connectivity index (χ4n) is 3.62. The molecule has 30 heavy (non-hydrogen) atoms. The SMILES string of the molecule is COc1cccc(C(CNS(=O)(=O)c2ccc(OC)cc2[N+](=O)[O-])N2CCCC2)c1. The predicted molar refractivity (Wildman–Crippen MR) is 111 cm³/mol. The molecule has 9 nitrogen and oxygen atoms in total. The highest BCUT2D eigenvalue weighted by atomic mass is 32.2. The van der Waals surface area contributed by atoms with Crippen LogP contribution >= 0.6 is 0 Å². The number of rotatable bonds is 9. The molecular weight excluding hydrogens is 410 g/mol. The Morgan fingerprint density at radius 1 is 1.10 bits per heavy atom. The largest absolute Gasteiger partial charge is 0.497 e. The van der Waals surface area contributed by atoms with E-state index >= 15 is 0 Å². The van der Waals surface area contributed by atoms with Crippen molar-refractivity contribution in [3.63, 3.8) is 0 Å². The van der Waals surface area contributed by atoms with Crippen LogP contribution in [-0.2, 0) is 10.0 Å². The summed E-state index contributed by atoms with van der Waals surface area (Å²) in [5.41, 5.74) is 0.393. The van der Waals surface area contributed by atoms with Crippen molar-refractivity contribution in [1.29, 1.82) is 0 Å². The first kappa shape index (κ1) is 22.0. The van der Waals surface area contributed by atoms with Gasteiger partial charge in [0.15, 0.2) is 4.90 Å². The van der Waals surface area contributed by atoms with Crippen molar-refractivity contribution < 1.29 is 22.8 Å². The number of nitro groups is 1. The minimum Gasteiger partial charge on any atom is -0.497 e. The number of benzene rings is 2. The lowest BCUT2D eigenvalue weighted by molar-refractivity contribution is -0.387. The van der Waals surface area contributed by atoms with E-state index in [1.54, 1.807) is 7.11 Å². The molecule has 1 fully saturated rings. The van der Waals surface area contributed by atoms with Crippen LogP contribution in [-0.4, -0.2) is 52.1 Å². The second-order valence-corrected chi connectivity index (χ2v) is 8.71. The molecule has 10 heteroatoms. The third-order valence-electron chi connectivity index (χ3n) is 5.18. The van der Waals surface area contributed by atoms with Gasteiger partial charge in [0.2, 0.25) is 10.0 Å². The van der Waals surface area contributed by atoms with Crippen LogP contribution in [0.25, 0.3) is 0 Å². The lowest BCUT2D eigenvalue weighted by Crippen LogP contribution is -2.37. The third-order valence-corrected chi connectivity index (χ3v) is 6.65. The van der Waals surface area contributed by atoms with E-state index in [9.17, 15) is 18.5 Å². The number of nitrogens with zero attached hydrogens (tertiary/aromatic N) is 2. The van der Waals surface area contributed by atoms with Crippen molar-refractivity contribution >= 4 is 15.7 Å². The Kier molecular flexibility index (Phi) is 6.91. The van der Waals surface area contributed by atoms with E-state index in [-0.39, 0.29) is 23.2 Å². The van der Waals surface area contributed by atoms with Crippen LogP contribution in [0.5, 0.6) is 11.5 Å². The molecule has 3 rings (SSSR count). The molecule has 1 unspecified atom stereocenters. The van der Waals surface area contributed by atoms with E-state index in [4.69, 9.17) is 9.47 Å². The Balaban J connectivity index is 1.88. The standard InChI is InChI=1S/C20H25N3O6S/c1-28-16-7-5-6-15(12-16)19(22-10-3-4-11-22)14-21-30(26,27)20-9-8-17(29-2)13-18(20)23(24)25/h5-9,12-13,19,21H,3-4,10-11,14H2,1-2H3. The number of nitro benzene ring substituents is 1. The summed E-state index contributed by atoms with van der Waals surface area (Å²) in [6.07, 6.45) is 2.08. The molecule has 0 aromatic heterocycles. The minimum atomic E-state index is -4.11. The van der Waals surface area contributed by atoms with Crippen LogP contribution in [0.1, 0.15) is 24.4 Å². The minimum absolute atomic E-state index is 0.0820. The number of hydrogen-bond donors (Lipinski definition) is 1. The summed E-state index contributed by atoms with van der Waals surface area (Å²) in [4.78, 5) is 12.5. The smallest absolute Gasteiger partial charge is 0.293 e. The van der Waals surface area contributed by atoms with Crippen molar-refractivity contribution in [2.45, 2.75) is 23.8 Å². The monoisotopic (exact) mass is 435 g/mol. The second-order valence-electron chi connectivity index (χ2n) is 6.98. The molecule has 1 aliphatic heterocycles. The lowest BCUT2D eigenvalue weighted by atomic mass is 10.1. The summed E-state index contributed by atoms with van der Waals surface area (Å²) in [7, 11) is -1.17. The maximum atomic E-state index is 12.9. The Labute approximate surface area is 175 Å². The van der Waals surface area contributed by atoms with Gasteiger partial charge in [-0.2, -0.15) is 0 Å². The van der Waals surface area contributed by atoms with Crippen LogP contribution < -0.4 is 14.2 Å². The summed E-state index contributed by atoms with van der Waals surface area (Å²) >= 11 is 0. The number of sulfonamides is 1. The molecule has 162 valence electrons. The Morgan fingerprint density at radius 2 is 1.77 bits per heavy atom. The first-order valence-corrected chi connectivity index (χ1v) is 11.0. The number of ether oxygens (including phenoxy) is 2. The van der Waals surface area contributed by atoms with Gasteiger partial charge in [-0.25, -0.2) is 13.1 Å². The number of likely N-dealkylation sites (tertiary alicyclic amines) is 1. The number of nitrogens with one attached hydrogen (secondary N) is 1. The van der Waals surface area contributed by atoms with Gasteiger partial charge in [-0.3, -0.25) is 15.0 Å². The molecule has 2 aromatic rings. The van der Waals surface area contributed by atoms with Crippen molar-refractivity contribution in [3.8, 4) is 11.5 Å². The van der Waals surface area contributed by atoms with Crippen molar-refractivity contribution in [3.05, 3.63) is 58.1 Å². The fraction of sp³-hybridized carbons (Fsp3) is 0.400. The van der Waals surface area contributed by atoms with E-state index in [0.717, 1.165) is 37.6 Å². The zero-order chi connectivity index (χ0) is 21.7. The molecule has 1 heterocycles. The molecule has 0 aliphatic carbocycles. The average Bonchev–Trinajstić information content (AvgIpc) is 3.28. The maximum absolute atomic E-state index is 12.9. The van der Waals surface area contributed by atoms with Gasteiger partial charge in [-0.05, 0) is 55.8 Å². The summed E-state index contributed by atoms with van der Waals surface area (Å²) in [5, 5.41) is 11.4. The van der Waals surface area contributed by atoms with E-state index in [2.05, 4.69) is 9.62 Å². The maximum Gasteiger partial charge on any atom is 0.293 e. The highest BCUT2D eigenvalue weighted by Crippen LogP contribution is 2.30. The number of methoxy groups -OCH3 is 2. The third kappa shape index (κ3) is 4.89. The van der Waals surface area contributed by atoms with Crippen LogP contribution in [0.4, 0.5) is 5.69 Å². The molecule has 1 atom stereocenters. The van der Waals surface area contributed by atoms with Gasteiger partial charge < -0.3 is 9.47 Å². The summed E-state index contributed by atoms with van der Waals surface area (Å²) in [6.45, 7) is 1.79. The van der Waals surface area contributed by atoms with Gasteiger partial charge in [0, 0.05) is 12.6 Å². The van der Waals surface area contributed by atoms with Gasteiger partial charge in [0.1, 0.15) is 11.5 Å². The quantitative estimate of drug-likeness (QED) is 0.476. The normalized spacial score (nSPS) is 15.7. The van der Waals surface area contributed by atoms with Gasteiger partial charge >= 0.3 is 0 Å². The molecule has 2 aromatic carbocycles. The van der Waals surface area contributed by atoms with Crippen LogP contribution in [0.2, 0.25) is 0 Å². The van der Waals surface area contributed by atoms with Crippen molar-refractivity contribution in [2.75, 3.05) is 33.9 Å². The van der Waals surface area contributed by atoms with E-state index < -0.39 is 20.6 Å². The van der Waals surface area contributed by atoms with Gasteiger partial charge in [0.05, 0.1) is 25.2 Å². The summed E-state index contributed by atoms with van der Waals surface area (Å²) in [5.74, 6) is 0.900. The second kappa shape index (κ2) is 9.41. The molecule has 1 aliphatic rings. The molecule has 0 saturated carbocycles. The Morgan fingerprint density at radius 3 is 2.40 bits per heavy atom. The average molecular weight is 436 g/mol. The topological polar surface area (TPSA) is 111 Å². The van der Waals surface area contributed by atoms with Crippen LogP contribution in [0, 0.1) is 10.1 Å². The molecule has 1 N–H and O–H groups in total. The molecule has 0 amide bonds. The lowest BCUT2D eigenvalue weighted by Gasteiger charge is -2.28. The molecule has 0 bridgehead atoms. The summed E-state index contributed by atoms with van der Waals surface area (Å²) in [6, 6.07) is 11.0. The predicted octanol–water partition coefficient (Wildman–Crippen LogP) is 2.73. The Hall–Kier alpha value is -2.69. The van der Waals surface area contributed by atoms with Gasteiger partial charge in [-0.1, -0.05) is 12.1 Å². The van der Waals surface area contributed by atoms with Crippen LogP contribution in [0.3, 0.4) is 0 Å². The van der Waals surface area contributed by atoms with Gasteiger partial charge in [-0.15, -0.1) is 0 Å². The summed E-state index contributed by atoms with van der Waals surface area (Å²) < 4.78 is 38.7. The van der Waals surface area contributed by atoms with Crippen molar-refractivity contribution in [1.82, 2.24) is 9.62 Å². The Bertz CT molecular complexity index is 1010. The van der Waals surface area contributed by atoms with E-state index in [1.807, 2.05) is 24.3 Å². The highest BCUT2D eigenvalue weighted by Gasteiger charge is 2.30. The van der Waals surface area contributed by atoms with Crippen LogP contribution in [0.15, 0.2) is 47.4 Å². The van der Waals surface area contributed by atoms with Crippen molar-refractivity contribution in [2.24, 2.45) is 0 Å². The molecule has 0 radical (unpaired) electrons.